The molecule has 0 spiro atoms. The van der Waals surface area contributed by atoms with Crippen LogP contribution in [0, 0.1) is 5.92 Å². The van der Waals surface area contributed by atoms with Crippen LogP contribution in [0.5, 0.6) is 0 Å². The van der Waals surface area contributed by atoms with Crippen molar-refractivity contribution in [2.24, 2.45) is 10.9 Å². The van der Waals surface area contributed by atoms with Gasteiger partial charge in [0.25, 0.3) is 0 Å². The van der Waals surface area contributed by atoms with Gasteiger partial charge in [-0.15, -0.1) is 0 Å². The van der Waals surface area contributed by atoms with Crippen LogP contribution in [0.15, 0.2) is 4.99 Å². The van der Waals surface area contributed by atoms with Gasteiger partial charge in [0.2, 0.25) is 5.91 Å². The van der Waals surface area contributed by atoms with Crippen LogP contribution in [0.25, 0.3) is 0 Å². The number of nitrogens with zero attached hydrogens (tertiary/aromatic N) is 2. The fraction of sp³-hybridized carbons (Fsp3) is 0.833. The molecule has 0 aliphatic carbocycles. The third-order valence-electron chi connectivity index (χ3n) is 3.32. The van der Waals surface area contributed by atoms with Gasteiger partial charge >= 0.3 is 0 Å². The zero-order chi connectivity index (χ0) is 14.2. The van der Waals surface area contributed by atoms with Crippen molar-refractivity contribution < 1.29 is 13.2 Å². The van der Waals surface area contributed by atoms with E-state index < -0.39 is 9.84 Å². The van der Waals surface area contributed by atoms with E-state index in [9.17, 15) is 13.2 Å². The van der Waals surface area contributed by atoms with Gasteiger partial charge in [0.05, 0.1) is 17.5 Å². The highest BCUT2D eigenvalue weighted by molar-refractivity contribution is 8.15. The third kappa shape index (κ3) is 3.31. The summed E-state index contributed by atoms with van der Waals surface area (Å²) in [5.74, 6) is 0.573. The van der Waals surface area contributed by atoms with Crippen LogP contribution in [0.1, 0.15) is 27.2 Å². The number of aliphatic imine (C=N–C) groups is 1. The van der Waals surface area contributed by atoms with E-state index in [1.807, 2.05) is 25.7 Å². The molecule has 5 nitrogen and oxygen atoms in total. The van der Waals surface area contributed by atoms with Crippen molar-refractivity contribution in [3.8, 4) is 0 Å². The molecule has 2 rings (SSSR count). The first-order valence-electron chi connectivity index (χ1n) is 6.57. The molecule has 0 saturated carbocycles. The second-order valence-corrected chi connectivity index (χ2v) is 8.83. The molecule has 0 bridgehead atoms. The molecular weight excluding hydrogens is 284 g/mol. The quantitative estimate of drug-likeness (QED) is 0.782. The molecular formula is C12H20N2O3S2. The van der Waals surface area contributed by atoms with E-state index >= 15 is 0 Å². The van der Waals surface area contributed by atoms with Crippen molar-refractivity contribution in [2.75, 3.05) is 18.1 Å². The van der Waals surface area contributed by atoms with Gasteiger partial charge in [-0.1, -0.05) is 25.6 Å². The minimum atomic E-state index is -2.92. The zero-order valence-electron chi connectivity index (χ0n) is 11.5. The van der Waals surface area contributed by atoms with Crippen LogP contribution in [0.3, 0.4) is 0 Å². The Hall–Kier alpha value is -0.560. The lowest BCUT2D eigenvalue weighted by Crippen LogP contribution is -2.37. The molecule has 2 atom stereocenters. The number of carbonyl (C=O) groups excluding carboxylic acids is 1. The Balaban J connectivity index is 2.13. The number of amides is 1. The Kier molecular flexibility index (Phi) is 4.25. The molecule has 0 aromatic heterocycles. The molecule has 2 fully saturated rings. The molecule has 0 N–H and O–H groups in total. The largest absolute Gasteiger partial charge is 0.346 e. The van der Waals surface area contributed by atoms with Crippen LogP contribution in [0.4, 0.5) is 0 Å². The molecule has 19 heavy (non-hydrogen) atoms. The number of sulfone groups is 1. The predicted octanol–water partition coefficient (Wildman–Crippen LogP) is 1.15. The molecule has 0 radical (unpaired) electrons. The van der Waals surface area contributed by atoms with Crippen LogP contribution in [-0.4, -0.2) is 53.7 Å². The van der Waals surface area contributed by atoms with Crippen LogP contribution in [0.2, 0.25) is 0 Å². The molecule has 0 unspecified atom stereocenters. The number of hydrogen-bond acceptors (Lipinski definition) is 4. The third-order valence-corrected chi connectivity index (χ3v) is 6.57. The van der Waals surface area contributed by atoms with Gasteiger partial charge in [-0.25, -0.2) is 8.42 Å². The Morgan fingerprint density at radius 3 is 2.74 bits per heavy atom. The summed E-state index contributed by atoms with van der Waals surface area (Å²) < 4.78 is 23.3. The van der Waals surface area contributed by atoms with Gasteiger partial charge in [0, 0.05) is 18.2 Å². The number of rotatable bonds is 3. The Morgan fingerprint density at radius 1 is 1.47 bits per heavy atom. The first-order chi connectivity index (χ1) is 8.82. The summed E-state index contributed by atoms with van der Waals surface area (Å²) in [6.45, 7) is 6.63. The number of hydrogen-bond donors (Lipinski definition) is 0. The van der Waals surface area contributed by atoms with Crippen LogP contribution in [-0.2, 0) is 14.6 Å². The molecule has 2 heterocycles. The highest BCUT2D eigenvalue weighted by Crippen LogP contribution is 2.37. The van der Waals surface area contributed by atoms with Crippen molar-refractivity contribution in [3.63, 3.8) is 0 Å². The van der Waals surface area contributed by atoms with Crippen molar-refractivity contribution in [1.82, 2.24) is 4.90 Å². The predicted molar refractivity (Wildman–Crippen MR) is 78.1 cm³/mol. The van der Waals surface area contributed by atoms with E-state index in [0.29, 0.717) is 24.1 Å². The molecule has 2 aliphatic rings. The van der Waals surface area contributed by atoms with Crippen molar-refractivity contribution >= 4 is 32.7 Å². The first-order valence-corrected chi connectivity index (χ1v) is 9.27. The highest BCUT2D eigenvalue weighted by atomic mass is 32.2. The van der Waals surface area contributed by atoms with Crippen LogP contribution >= 0.6 is 11.8 Å². The van der Waals surface area contributed by atoms with Gasteiger partial charge in [-0.3, -0.25) is 4.79 Å². The number of fused-ring (bicyclic) bond motifs is 1. The average molecular weight is 304 g/mol. The lowest BCUT2D eigenvalue weighted by Gasteiger charge is -2.22. The van der Waals surface area contributed by atoms with E-state index in [2.05, 4.69) is 4.99 Å². The normalized spacial score (nSPS) is 31.2. The second-order valence-electron chi connectivity index (χ2n) is 5.47. The molecule has 7 heteroatoms. The van der Waals surface area contributed by atoms with Gasteiger partial charge in [-0.05, 0) is 12.8 Å². The van der Waals surface area contributed by atoms with E-state index in [-0.39, 0.29) is 28.7 Å². The van der Waals surface area contributed by atoms with Crippen molar-refractivity contribution in [1.29, 1.82) is 0 Å². The molecule has 108 valence electrons. The first kappa shape index (κ1) is 14.8. The van der Waals surface area contributed by atoms with E-state index in [1.54, 1.807) is 0 Å². The minimum Gasteiger partial charge on any atom is -0.346 e. The van der Waals surface area contributed by atoms with Gasteiger partial charge in [0.1, 0.15) is 0 Å². The summed E-state index contributed by atoms with van der Waals surface area (Å²) >= 11 is 1.45. The number of carbonyl (C=O) groups is 1. The Labute approximate surface area is 118 Å². The van der Waals surface area contributed by atoms with Crippen LogP contribution < -0.4 is 0 Å². The average Bonchev–Trinajstić information content (AvgIpc) is 2.67. The fourth-order valence-corrected chi connectivity index (χ4v) is 6.54. The van der Waals surface area contributed by atoms with E-state index in [0.717, 1.165) is 0 Å². The maximum Gasteiger partial charge on any atom is 0.248 e. The Morgan fingerprint density at radius 2 is 2.16 bits per heavy atom. The lowest BCUT2D eigenvalue weighted by molar-refractivity contribution is -0.118. The summed E-state index contributed by atoms with van der Waals surface area (Å²) in [4.78, 5) is 17.9. The summed E-state index contributed by atoms with van der Waals surface area (Å²) in [7, 11) is -2.92. The molecule has 0 aromatic rings. The van der Waals surface area contributed by atoms with Gasteiger partial charge < -0.3 is 4.90 Å². The summed E-state index contributed by atoms with van der Waals surface area (Å²) in [5.41, 5.74) is 0. The van der Waals surface area contributed by atoms with Crippen molar-refractivity contribution in [3.05, 3.63) is 0 Å². The Bertz CT molecular complexity index is 499. The molecule has 2 aliphatic heterocycles. The monoisotopic (exact) mass is 304 g/mol. The smallest absolute Gasteiger partial charge is 0.248 e. The molecule has 0 aromatic carbocycles. The SMILES string of the molecule is CCN1C(=NC(=O)CC(C)C)S[C@@H]2CS(=O)(=O)C[C@@H]21. The maximum absolute atomic E-state index is 11.8. The second kappa shape index (κ2) is 5.44. The highest BCUT2D eigenvalue weighted by Gasteiger charge is 2.48. The van der Waals surface area contributed by atoms with E-state index in [1.165, 1.54) is 11.8 Å². The maximum atomic E-state index is 11.8. The summed E-state index contributed by atoms with van der Waals surface area (Å²) in [6.07, 6.45) is 0.440. The number of amidine groups is 1. The minimum absolute atomic E-state index is 0.00870. The van der Waals surface area contributed by atoms with E-state index in [4.69, 9.17) is 0 Å². The lowest BCUT2D eigenvalue weighted by atomic mass is 10.1. The standard InChI is InChI=1S/C12H20N2O3S2/c1-4-14-9-6-19(16,17)7-10(9)18-12(14)13-11(15)5-8(2)3/h8-10H,4-7H2,1-3H3/t9-,10+/m0/s1. The zero-order valence-corrected chi connectivity index (χ0v) is 13.1. The molecule has 2 saturated heterocycles. The summed E-state index contributed by atoms with van der Waals surface area (Å²) in [6, 6.07) is -0.00870. The van der Waals surface area contributed by atoms with Gasteiger partial charge in [-0.2, -0.15) is 4.99 Å². The fourth-order valence-electron chi connectivity index (χ4n) is 2.51. The molecule has 1 amide bonds. The van der Waals surface area contributed by atoms with Gasteiger partial charge in [0.15, 0.2) is 15.0 Å². The van der Waals surface area contributed by atoms with Crippen molar-refractivity contribution in [2.45, 2.75) is 38.5 Å². The topological polar surface area (TPSA) is 66.8 Å². The number of thioether (sulfide) groups is 1. The summed E-state index contributed by atoms with van der Waals surface area (Å²) in [5, 5.41) is 0.744.